The third-order valence-corrected chi connectivity index (χ3v) is 6.23. The Labute approximate surface area is 123 Å². The SMILES string of the molecule is CCN(C1CC1)S(=O)(=O)c1ccc(CNC)cc1Br. The first-order valence-electron chi connectivity index (χ1n) is 6.45. The van der Waals surface area contributed by atoms with Crippen molar-refractivity contribution < 1.29 is 8.42 Å². The fourth-order valence-electron chi connectivity index (χ4n) is 2.18. The van der Waals surface area contributed by atoms with E-state index in [2.05, 4.69) is 21.2 Å². The highest BCUT2D eigenvalue weighted by molar-refractivity contribution is 9.10. The molecule has 1 aliphatic rings. The minimum atomic E-state index is -3.38. The van der Waals surface area contributed by atoms with E-state index in [1.165, 1.54) is 0 Å². The van der Waals surface area contributed by atoms with Gasteiger partial charge >= 0.3 is 0 Å². The molecule has 1 N–H and O–H groups in total. The molecule has 0 unspecified atom stereocenters. The van der Waals surface area contributed by atoms with Gasteiger partial charge in [-0.3, -0.25) is 0 Å². The highest BCUT2D eigenvalue weighted by Crippen LogP contribution is 2.34. The summed E-state index contributed by atoms with van der Waals surface area (Å²) in [6.45, 7) is 3.13. The maximum absolute atomic E-state index is 12.6. The van der Waals surface area contributed by atoms with E-state index in [1.54, 1.807) is 10.4 Å². The van der Waals surface area contributed by atoms with Crippen molar-refractivity contribution in [3.63, 3.8) is 0 Å². The number of benzene rings is 1. The number of halogens is 1. The second kappa shape index (κ2) is 5.91. The average molecular weight is 347 g/mol. The fourth-order valence-corrected chi connectivity index (χ4v) is 4.96. The monoisotopic (exact) mass is 346 g/mol. The highest BCUT2D eigenvalue weighted by atomic mass is 79.9. The van der Waals surface area contributed by atoms with E-state index < -0.39 is 10.0 Å². The molecule has 0 aliphatic heterocycles. The topological polar surface area (TPSA) is 49.4 Å². The molecular weight excluding hydrogens is 328 g/mol. The van der Waals surface area contributed by atoms with Crippen LogP contribution in [0.5, 0.6) is 0 Å². The third-order valence-electron chi connectivity index (χ3n) is 3.23. The maximum Gasteiger partial charge on any atom is 0.244 e. The van der Waals surface area contributed by atoms with E-state index in [0.717, 1.165) is 24.9 Å². The summed E-state index contributed by atoms with van der Waals surface area (Å²) in [5, 5.41) is 3.05. The van der Waals surface area contributed by atoms with Gasteiger partial charge in [-0.2, -0.15) is 4.31 Å². The van der Waals surface area contributed by atoms with Gasteiger partial charge in [-0.15, -0.1) is 0 Å². The fraction of sp³-hybridized carbons (Fsp3) is 0.538. The molecule has 0 aromatic heterocycles. The lowest BCUT2D eigenvalue weighted by molar-refractivity contribution is 0.420. The Bertz CT molecular complexity index is 556. The summed E-state index contributed by atoms with van der Waals surface area (Å²) in [6.07, 6.45) is 1.95. The lowest BCUT2D eigenvalue weighted by Gasteiger charge is -2.21. The Kier molecular flexibility index (Phi) is 4.66. The van der Waals surface area contributed by atoms with Gasteiger partial charge in [-0.05, 0) is 53.5 Å². The van der Waals surface area contributed by atoms with Crippen molar-refractivity contribution in [2.24, 2.45) is 0 Å². The van der Waals surface area contributed by atoms with Crippen LogP contribution in [0.25, 0.3) is 0 Å². The molecule has 1 saturated carbocycles. The molecule has 1 aliphatic carbocycles. The zero-order valence-corrected chi connectivity index (χ0v) is 13.6. The van der Waals surface area contributed by atoms with E-state index in [4.69, 9.17) is 0 Å². The van der Waals surface area contributed by atoms with Crippen molar-refractivity contribution in [3.05, 3.63) is 28.2 Å². The molecule has 1 aromatic rings. The van der Waals surface area contributed by atoms with Crippen LogP contribution < -0.4 is 5.32 Å². The zero-order chi connectivity index (χ0) is 14.0. The van der Waals surface area contributed by atoms with Crippen LogP contribution >= 0.6 is 15.9 Å². The van der Waals surface area contributed by atoms with Gasteiger partial charge in [0.1, 0.15) is 0 Å². The second-order valence-corrected chi connectivity index (χ2v) is 7.45. The molecule has 0 spiro atoms. The van der Waals surface area contributed by atoms with Gasteiger partial charge in [0.05, 0.1) is 4.90 Å². The molecule has 4 nitrogen and oxygen atoms in total. The standard InChI is InChI=1S/C13H19BrN2O2S/c1-3-16(11-5-6-11)19(17,18)13-7-4-10(9-15-2)8-12(13)14/h4,7-8,11,15H,3,5-6,9H2,1-2H3. The quantitative estimate of drug-likeness (QED) is 0.859. The van der Waals surface area contributed by atoms with Gasteiger partial charge in [0, 0.05) is 23.6 Å². The molecule has 0 saturated heterocycles. The molecule has 1 aromatic carbocycles. The number of nitrogens with zero attached hydrogens (tertiary/aromatic N) is 1. The smallest absolute Gasteiger partial charge is 0.244 e. The van der Waals surface area contributed by atoms with E-state index in [1.807, 2.05) is 26.1 Å². The Balaban J connectivity index is 2.34. The first-order valence-corrected chi connectivity index (χ1v) is 8.69. The molecular formula is C13H19BrN2O2S. The number of sulfonamides is 1. The summed E-state index contributed by atoms with van der Waals surface area (Å²) in [7, 11) is -1.52. The van der Waals surface area contributed by atoms with Gasteiger partial charge in [0.25, 0.3) is 0 Å². The van der Waals surface area contributed by atoms with Crippen LogP contribution in [0.3, 0.4) is 0 Å². The summed E-state index contributed by atoms with van der Waals surface area (Å²) in [4.78, 5) is 0.362. The Morgan fingerprint density at radius 2 is 2.11 bits per heavy atom. The molecule has 0 atom stereocenters. The summed E-state index contributed by atoms with van der Waals surface area (Å²) in [5.41, 5.74) is 1.06. The minimum Gasteiger partial charge on any atom is -0.316 e. The maximum atomic E-state index is 12.6. The molecule has 0 radical (unpaired) electrons. The van der Waals surface area contributed by atoms with Crippen LogP contribution in [0.1, 0.15) is 25.3 Å². The van der Waals surface area contributed by atoms with Gasteiger partial charge in [-0.1, -0.05) is 13.0 Å². The number of rotatable bonds is 6. The van der Waals surface area contributed by atoms with Crippen molar-refractivity contribution >= 4 is 26.0 Å². The van der Waals surface area contributed by atoms with Crippen LogP contribution in [-0.4, -0.2) is 32.4 Å². The van der Waals surface area contributed by atoms with E-state index in [9.17, 15) is 8.42 Å². The number of hydrogen-bond donors (Lipinski definition) is 1. The van der Waals surface area contributed by atoms with Crippen LogP contribution in [0.4, 0.5) is 0 Å². The van der Waals surface area contributed by atoms with Crippen molar-refractivity contribution in [2.45, 2.75) is 37.2 Å². The number of nitrogens with one attached hydrogen (secondary N) is 1. The second-order valence-electron chi connectivity index (χ2n) is 4.73. The molecule has 0 heterocycles. The lowest BCUT2D eigenvalue weighted by Crippen LogP contribution is -2.33. The zero-order valence-electron chi connectivity index (χ0n) is 11.2. The van der Waals surface area contributed by atoms with E-state index in [-0.39, 0.29) is 6.04 Å². The third kappa shape index (κ3) is 3.18. The van der Waals surface area contributed by atoms with E-state index in [0.29, 0.717) is 15.9 Å². The first kappa shape index (κ1) is 15.0. The molecule has 1 fully saturated rings. The van der Waals surface area contributed by atoms with Gasteiger partial charge < -0.3 is 5.32 Å². The van der Waals surface area contributed by atoms with Crippen molar-refractivity contribution in [3.8, 4) is 0 Å². The average Bonchev–Trinajstić information content (AvgIpc) is 3.14. The van der Waals surface area contributed by atoms with Crippen LogP contribution in [0.15, 0.2) is 27.6 Å². The lowest BCUT2D eigenvalue weighted by atomic mass is 10.2. The predicted octanol–water partition coefficient (Wildman–Crippen LogP) is 2.34. The minimum absolute atomic E-state index is 0.193. The summed E-state index contributed by atoms with van der Waals surface area (Å²) in [6, 6.07) is 5.61. The summed E-state index contributed by atoms with van der Waals surface area (Å²) < 4.78 is 27.5. The Morgan fingerprint density at radius 3 is 2.58 bits per heavy atom. The van der Waals surface area contributed by atoms with Crippen molar-refractivity contribution in [1.82, 2.24) is 9.62 Å². The highest BCUT2D eigenvalue weighted by Gasteiger charge is 2.37. The van der Waals surface area contributed by atoms with Gasteiger partial charge in [0.15, 0.2) is 0 Å². The molecule has 0 amide bonds. The molecule has 19 heavy (non-hydrogen) atoms. The largest absolute Gasteiger partial charge is 0.316 e. The molecule has 106 valence electrons. The van der Waals surface area contributed by atoms with Crippen LogP contribution in [0.2, 0.25) is 0 Å². The predicted molar refractivity (Wildman–Crippen MR) is 79.5 cm³/mol. The Hall–Kier alpha value is -0.430. The first-order chi connectivity index (χ1) is 9.00. The van der Waals surface area contributed by atoms with Crippen molar-refractivity contribution in [1.29, 1.82) is 0 Å². The van der Waals surface area contributed by atoms with E-state index >= 15 is 0 Å². The van der Waals surface area contributed by atoms with Crippen LogP contribution in [0, 0.1) is 0 Å². The Morgan fingerprint density at radius 1 is 1.42 bits per heavy atom. The molecule has 6 heteroatoms. The normalized spacial score (nSPS) is 16.0. The summed E-state index contributed by atoms with van der Waals surface area (Å²) in [5.74, 6) is 0. The molecule has 0 bridgehead atoms. The summed E-state index contributed by atoms with van der Waals surface area (Å²) >= 11 is 3.39. The number of hydrogen-bond acceptors (Lipinski definition) is 3. The van der Waals surface area contributed by atoms with Gasteiger partial charge in [0.2, 0.25) is 10.0 Å². The van der Waals surface area contributed by atoms with Gasteiger partial charge in [-0.25, -0.2) is 8.42 Å². The van der Waals surface area contributed by atoms with Crippen LogP contribution in [-0.2, 0) is 16.6 Å². The molecule has 2 rings (SSSR count). The van der Waals surface area contributed by atoms with Crippen molar-refractivity contribution in [2.75, 3.05) is 13.6 Å².